The maximum absolute atomic E-state index is 12.5. The van der Waals surface area contributed by atoms with Crippen LogP contribution in [0.15, 0.2) is 143 Å². The second-order valence-corrected chi connectivity index (χ2v) is 24.1. The highest BCUT2D eigenvalue weighted by molar-refractivity contribution is 9.11. The Morgan fingerprint density at radius 1 is 0.598 bits per heavy atom. The van der Waals surface area contributed by atoms with Gasteiger partial charge in [-0.3, -0.25) is 0 Å². The smallest absolute Gasteiger partial charge is 0.404 e. The molecule has 0 bridgehead atoms. The minimum atomic E-state index is -0.870. The van der Waals surface area contributed by atoms with Crippen molar-refractivity contribution in [1.29, 1.82) is 0 Å². The predicted octanol–water partition coefficient (Wildman–Crippen LogP) is 13.8. The molecule has 0 aliphatic carbocycles. The van der Waals surface area contributed by atoms with Gasteiger partial charge in [-0.1, -0.05) is 166 Å². The van der Waals surface area contributed by atoms with Crippen LogP contribution in [0.25, 0.3) is 0 Å². The molecule has 0 fully saturated rings. The molecule has 2 aromatic rings. The van der Waals surface area contributed by atoms with Gasteiger partial charge in [-0.15, -0.1) is 0 Å². The van der Waals surface area contributed by atoms with Crippen molar-refractivity contribution in [2.75, 3.05) is 0 Å². The molecule has 8 N–H and O–H groups in total. The van der Waals surface area contributed by atoms with E-state index in [0.29, 0.717) is 58.6 Å². The summed E-state index contributed by atoms with van der Waals surface area (Å²) in [5.74, 6) is 11.4. The molecule has 0 saturated carbocycles. The number of esters is 2. The fraction of sp³-hybridized carbons (Fsp3) is 0.455. The number of primary amides is 2. The lowest BCUT2D eigenvalue weighted by atomic mass is 9.82. The van der Waals surface area contributed by atoms with Crippen LogP contribution in [0.1, 0.15) is 131 Å². The third-order valence-corrected chi connectivity index (χ3v) is 15.6. The number of carbonyl (C=O) groups is 4. The molecule has 3 unspecified atom stereocenters. The topological polar surface area (TPSA) is 238 Å². The van der Waals surface area contributed by atoms with Crippen LogP contribution >= 0.6 is 31.9 Å². The van der Waals surface area contributed by atoms with Gasteiger partial charge < -0.3 is 50.8 Å². The van der Waals surface area contributed by atoms with Gasteiger partial charge in [0.05, 0.1) is 21.2 Å². The van der Waals surface area contributed by atoms with Gasteiger partial charge in [0.15, 0.2) is 0 Å². The number of phenols is 2. The van der Waals surface area contributed by atoms with Gasteiger partial charge in [-0.2, -0.15) is 0 Å². The molecule has 16 heteroatoms. The van der Waals surface area contributed by atoms with Crippen LogP contribution < -0.4 is 11.5 Å². The standard InChI is InChI=1S/2C33H42BrNO6/c2*1-22-12-10-16-29(37)41-28(24(3)18-17-23(2)21-25(20-22)40-32(35)39)15-8-6-7-9-19-33(4,5)31(38)26-13-11-14-27(36)30(26)34/h2*8-11,13-19,22-25,28,31,36,38H,12,20-21H2,1-5H3,(H2,35,39)/b2*15-8+,16-10-,18-17+,19-9+/t22-,23+,24+,25-,28?,31?;22-,23+,24-,25-,28-,31?/m01/s1. The van der Waals surface area contributed by atoms with Crippen molar-refractivity contribution in [3.05, 3.63) is 154 Å². The van der Waals surface area contributed by atoms with Gasteiger partial charge in [0.2, 0.25) is 0 Å². The van der Waals surface area contributed by atoms with Gasteiger partial charge in [0.1, 0.15) is 35.9 Å². The molecule has 444 valence electrons. The first-order valence-electron chi connectivity index (χ1n) is 27.6. The van der Waals surface area contributed by atoms with E-state index in [1.807, 2.05) is 106 Å². The second-order valence-electron chi connectivity index (χ2n) is 22.6. The van der Waals surface area contributed by atoms with Crippen LogP contribution in [-0.2, 0) is 28.5 Å². The number of amides is 2. The summed E-state index contributed by atoms with van der Waals surface area (Å²) >= 11 is 6.67. The Morgan fingerprint density at radius 2 is 0.951 bits per heavy atom. The summed E-state index contributed by atoms with van der Waals surface area (Å²) in [5, 5.41) is 41.7. The van der Waals surface area contributed by atoms with Gasteiger partial charge in [0.25, 0.3) is 0 Å². The summed E-state index contributed by atoms with van der Waals surface area (Å²) in [6.07, 6.45) is 27.1. The molecule has 2 aliphatic rings. The predicted molar refractivity (Wildman–Crippen MR) is 329 cm³/mol. The first-order chi connectivity index (χ1) is 38.6. The van der Waals surface area contributed by atoms with E-state index in [1.54, 1.807) is 85.0 Å². The minimum absolute atomic E-state index is 0.0645. The summed E-state index contributed by atoms with van der Waals surface area (Å²) in [6.45, 7) is 19.6. The number of hydrogen-bond acceptors (Lipinski definition) is 12. The van der Waals surface area contributed by atoms with Crippen LogP contribution in [0.4, 0.5) is 9.59 Å². The summed E-state index contributed by atoms with van der Waals surface area (Å²) in [4.78, 5) is 47.8. The Morgan fingerprint density at radius 3 is 1.30 bits per heavy atom. The van der Waals surface area contributed by atoms with Crippen molar-refractivity contribution < 1.29 is 58.6 Å². The summed E-state index contributed by atoms with van der Waals surface area (Å²) in [7, 11) is 0. The van der Waals surface area contributed by atoms with Crippen LogP contribution in [-0.4, -0.2) is 69.0 Å². The zero-order chi connectivity index (χ0) is 61.2. The van der Waals surface area contributed by atoms with Gasteiger partial charge in [-0.05, 0) is 154 Å². The zero-order valence-electron chi connectivity index (χ0n) is 48.8. The number of ether oxygens (including phenoxy) is 4. The molecule has 0 spiro atoms. The monoisotopic (exact) mass is 1250 g/mol. The minimum Gasteiger partial charge on any atom is -0.507 e. The van der Waals surface area contributed by atoms with E-state index >= 15 is 0 Å². The average Bonchev–Trinajstić information content (AvgIpc) is 3.54. The first-order valence-corrected chi connectivity index (χ1v) is 29.2. The van der Waals surface area contributed by atoms with E-state index in [2.05, 4.69) is 55.5 Å². The molecule has 14 nitrogen and oxygen atoms in total. The van der Waals surface area contributed by atoms with Crippen LogP contribution in [0.3, 0.4) is 0 Å². The summed E-state index contributed by atoms with van der Waals surface area (Å²) in [5.41, 5.74) is 10.4. The Hall–Kier alpha value is -6.56. The Bertz CT molecular complexity index is 2630. The Labute approximate surface area is 502 Å². The molecule has 2 aliphatic heterocycles. The van der Waals surface area contributed by atoms with E-state index in [9.17, 15) is 39.6 Å². The molecule has 2 heterocycles. The zero-order valence-corrected chi connectivity index (χ0v) is 52.0. The van der Waals surface area contributed by atoms with Crippen molar-refractivity contribution in [3.63, 3.8) is 0 Å². The number of nitrogens with two attached hydrogens (primary N) is 2. The highest BCUT2D eigenvalue weighted by atomic mass is 79.9. The number of cyclic esters (lactones) is 2. The van der Waals surface area contributed by atoms with Crippen LogP contribution in [0.5, 0.6) is 11.5 Å². The number of halogens is 2. The third kappa shape index (κ3) is 25.3. The maximum atomic E-state index is 12.5. The van der Waals surface area contributed by atoms with E-state index in [-0.39, 0.29) is 59.2 Å². The van der Waals surface area contributed by atoms with Crippen molar-refractivity contribution >= 4 is 56.0 Å². The second kappa shape index (κ2) is 34.8. The number of phenolic OH excluding ortho intramolecular Hbond substituents is 2. The third-order valence-electron chi connectivity index (χ3n) is 13.9. The van der Waals surface area contributed by atoms with E-state index in [0.717, 1.165) is 0 Å². The number of hydrogen-bond donors (Lipinski definition) is 6. The van der Waals surface area contributed by atoms with Crippen molar-refractivity contribution in [2.45, 2.75) is 144 Å². The first kappa shape index (κ1) is 69.7. The van der Waals surface area contributed by atoms with E-state index in [4.69, 9.17) is 30.4 Å². The average molecular weight is 1260 g/mol. The Balaban J connectivity index is 0.000000430. The molecule has 0 saturated heterocycles. The van der Waals surface area contributed by atoms with Crippen LogP contribution in [0.2, 0.25) is 0 Å². The molecule has 0 aromatic heterocycles. The lowest BCUT2D eigenvalue weighted by Crippen LogP contribution is -2.26. The molecule has 0 radical (unpaired) electrons. The SMILES string of the molecule is C[C@@H]1C/C=C\C(=O)O[C@H](/C=C/C#C/C=C/C(C)(C)C(O)c2cccc(O)c2Br)[C@H](C)/C=C/[C@H](C)C[C@H](OC(N)=O)C1.C[C@H]1C/C=C\C(=O)OC(/C=C/C#C/C=C/C(C)(C)C(O)c2cccc(O)c2Br)[C@H](C)/C=C/[C@@H](C)C[C@@H](OC(N)=O)C1. The molecule has 2 amide bonds. The molecule has 12 atom stereocenters. The normalized spacial score (nSPS) is 26.8. The molecular weight excluding hydrogens is 1170 g/mol. The van der Waals surface area contributed by atoms with Gasteiger partial charge >= 0.3 is 24.1 Å². The fourth-order valence-electron chi connectivity index (χ4n) is 8.99. The molecule has 4 rings (SSSR count). The molecular formula is C66H84Br2N2O12. The quantitative estimate of drug-likeness (QED) is 0.0564. The number of allylic oxidation sites excluding steroid dienone is 8. The maximum Gasteiger partial charge on any atom is 0.404 e. The number of aromatic hydroxyl groups is 2. The number of aliphatic hydroxyl groups is 2. The number of aliphatic hydroxyl groups excluding tert-OH is 2. The largest absolute Gasteiger partial charge is 0.507 e. The molecule has 82 heavy (non-hydrogen) atoms. The lowest BCUT2D eigenvalue weighted by molar-refractivity contribution is -0.143. The van der Waals surface area contributed by atoms with Crippen molar-refractivity contribution in [3.8, 4) is 35.2 Å². The van der Waals surface area contributed by atoms with Crippen molar-refractivity contribution in [1.82, 2.24) is 0 Å². The highest BCUT2D eigenvalue weighted by Crippen LogP contribution is 2.42. The van der Waals surface area contributed by atoms with E-state index in [1.165, 1.54) is 12.2 Å². The number of benzene rings is 2. The van der Waals surface area contributed by atoms with Gasteiger partial charge in [-0.25, -0.2) is 19.2 Å². The number of rotatable bonds is 10. The van der Waals surface area contributed by atoms with E-state index < -0.39 is 59.4 Å². The Kier molecular flexibility index (Phi) is 29.6. The summed E-state index contributed by atoms with van der Waals surface area (Å²) < 4.78 is 23.0. The summed E-state index contributed by atoms with van der Waals surface area (Å²) in [6, 6.07) is 9.98. The van der Waals surface area contributed by atoms with Crippen molar-refractivity contribution in [2.24, 2.45) is 57.8 Å². The molecule has 2 aromatic carbocycles. The fourth-order valence-corrected chi connectivity index (χ4v) is 9.96. The number of carbonyl (C=O) groups excluding carboxylic acids is 4. The highest BCUT2D eigenvalue weighted by Gasteiger charge is 2.30. The lowest BCUT2D eigenvalue weighted by Gasteiger charge is -2.28. The van der Waals surface area contributed by atoms with Gasteiger partial charge in [0, 0.05) is 34.8 Å². The van der Waals surface area contributed by atoms with Crippen LogP contribution in [0, 0.1) is 70.0 Å².